The summed E-state index contributed by atoms with van der Waals surface area (Å²) in [5, 5.41) is 0. The van der Waals surface area contributed by atoms with Crippen molar-refractivity contribution in [2.75, 3.05) is 12.3 Å². The molecule has 2 heterocycles. The van der Waals surface area contributed by atoms with E-state index in [0.29, 0.717) is 24.3 Å². The van der Waals surface area contributed by atoms with E-state index in [1.807, 2.05) is 23.1 Å². The Kier molecular flexibility index (Phi) is 3.44. The van der Waals surface area contributed by atoms with Crippen molar-refractivity contribution in [3.63, 3.8) is 0 Å². The van der Waals surface area contributed by atoms with Gasteiger partial charge < -0.3 is 10.6 Å². The van der Waals surface area contributed by atoms with Crippen molar-refractivity contribution in [3.8, 4) is 0 Å². The molecule has 1 amide bonds. The molecule has 2 aromatic rings. The maximum absolute atomic E-state index is 12.6. The van der Waals surface area contributed by atoms with Gasteiger partial charge in [-0.05, 0) is 45.8 Å². The molecule has 20 heavy (non-hydrogen) atoms. The van der Waals surface area contributed by atoms with Crippen LogP contribution in [0.2, 0.25) is 0 Å². The molecule has 2 N–H and O–H groups in total. The van der Waals surface area contributed by atoms with Crippen LogP contribution in [0.5, 0.6) is 0 Å². The molecule has 0 unspecified atom stereocenters. The molecule has 0 saturated heterocycles. The number of hydrogen-bond acceptors (Lipinski definition) is 3. The molecule has 1 aromatic heterocycles. The summed E-state index contributed by atoms with van der Waals surface area (Å²) in [4.78, 5) is 18.8. The Morgan fingerprint density at radius 1 is 1.35 bits per heavy atom. The predicted molar refractivity (Wildman–Crippen MR) is 81.2 cm³/mol. The molecular weight excluding hydrogens is 318 g/mol. The number of benzene rings is 1. The van der Waals surface area contributed by atoms with Gasteiger partial charge in [0.25, 0.3) is 5.91 Å². The van der Waals surface area contributed by atoms with E-state index in [2.05, 4.69) is 20.9 Å². The molecular formula is C15H14BrN3O. The van der Waals surface area contributed by atoms with E-state index in [0.717, 1.165) is 22.2 Å². The Balaban J connectivity index is 1.88. The Bertz CT molecular complexity index is 672. The number of carbonyl (C=O) groups is 1. The third-order valence-electron chi connectivity index (χ3n) is 3.47. The summed E-state index contributed by atoms with van der Waals surface area (Å²) >= 11 is 3.41. The minimum atomic E-state index is -0.00122. The van der Waals surface area contributed by atoms with Gasteiger partial charge in [-0.3, -0.25) is 9.78 Å². The van der Waals surface area contributed by atoms with Crippen molar-refractivity contribution < 1.29 is 4.79 Å². The van der Waals surface area contributed by atoms with Gasteiger partial charge in [-0.15, -0.1) is 0 Å². The zero-order valence-electron chi connectivity index (χ0n) is 10.8. The number of nitrogens with zero attached hydrogens (tertiary/aromatic N) is 2. The molecule has 4 nitrogen and oxygen atoms in total. The van der Waals surface area contributed by atoms with Gasteiger partial charge in [0.05, 0.1) is 5.56 Å². The zero-order valence-corrected chi connectivity index (χ0v) is 12.4. The Labute approximate surface area is 125 Å². The second kappa shape index (κ2) is 5.25. The molecule has 0 saturated carbocycles. The number of hydrogen-bond donors (Lipinski definition) is 1. The van der Waals surface area contributed by atoms with Crippen LogP contribution >= 0.6 is 15.9 Å². The molecule has 1 aromatic carbocycles. The normalized spacial score (nSPS) is 13.9. The molecule has 0 radical (unpaired) electrons. The van der Waals surface area contributed by atoms with E-state index in [-0.39, 0.29) is 5.91 Å². The highest BCUT2D eigenvalue weighted by Gasteiger charge is 2.23. The van der Waals surface area contributed by atoms with E-state index < -0.39 is 0 Å². The lowest BCUT2D eigenvalue weighted by molar-refractivity contribution is 0.0732. The van der Waals surface area contributed by atoms with Gasteiger partial charge in [0.15, 0.2) is 0 Å². The first-order valence-electron chi connectivity index (χ1n) is 6.42. The number of nitrogens with two attached hydrogens (primary N) is 1. The summed E-state index contributed by atoms with van der Waals surface area (Å²) in [5.41, 5.74) is 9.18. The van der Waals surface area contributed by atoms with Gasteiger partial charge in [-0.2, -0.15) is 0 Å². The van der Waals surface area contributed by atoms with Crippen LogP contribution < -0.4 is 5.73 Å². The molecule has 0 atom stereocenters. The van der Waals surface area contributed by atoms with Crippen LogP contribution in [0, 0.1) is 0 Å². The topological polar surface area (TPSA) is 59.2 Å². The molecule has 102 valence electrons. The first-order valence-corrected chi connectivity index (χ1v) is 7.21. The second-order valence-corrected chi connectivity index (χ2v) is 5.68. The Morgan fingerprint density at radius 3 is 3.05 bits per heavy atom. The lowest BCUT2D eigenvalue weighted by Crippen LogP contribution is -2.36. The number of pyridine rings is 1. The fraction of sp³-hybridized carbons (Fsp3) is 0.200. The highest BCUT2D eigenvalue weighted by molar-refractivity contribution is 9.10. The number of carbonyl (C=O) groups excluding carboxylic acids is 1. The molecule has 3 rings (SSSR count). The van der Waals surface area contributed by atoms with Crippen molar-refractivity contribution in [1.29, 1.82) is 0 Å². The van der Waals surface area contributed by atoms with Gasteiger partial charge in [-0.1, -0.05) is 6.07 Å². The summed E-state index contributed by atoms with van der Waals surface area (Å²) in [6, 6.07) is 9.23. The first-order chi connectivity index (χ1) is 9.65. The average molecular weight is 332 g/mol. The highest BCUT2D eigenvalue weighted by Crippen LogP contribution is 2.24. The van der Waals surface area contributed by atoms with Gasteiger partial charge in [-0.25, -0.2) is 0 Å². The lowest BCUT2D eigenvalue weighted by Gasteiger charge is -2.28. The first kappa shape index (κ1) is 13.1. The van der Waals surface area contributed by atoms with Crippen molar-refractivity contribution in [1.82, 2.24) is 9.88 Å². The van der Waals surface area contributed by atoms with Crippen LogP contribution in [-0.4, -0.2) is 22.3 Å². The van der Waals surface area contributed by atoms with Gasteiger partial charge >= 0.3 is 0 Å². The van der Waals surface area contributed by atoms with Gasteiger partial charge in [0.1, 0.15) is 0 Å². The van der Waals surface area contributed by atoms with Crippen LogP contribution in [0.3, 0.4) is 0 Å². The maximum atomic E-state index is 12.6. The number of nitrogen functional groups attached to an aromatic ring is 1. The highest BCUT2D eigenvalue weighted by atomic mass is 79.9. The van der Waals surface area contributed by atoms with Crippen LogP contribution in [0.25, 0.3) is 0 Å². The molecule has 1 aliphatic heterocycles. The summed E-state index contributed by atoms with van der Waals surface area (Å²) < 4.78 is 0.772. The van der Waals surface area contributed by atoms with Crippen LogP contribution in [0.15, 0.2) is 41.0 Å². The van der Waals surface area contributed by atoms with Crippen molar-refractivity contribution in [3.05, 3.63) is 57.8 Å². The fourth-order valence-electron chi connectivity index (χ4n) is 2.42. The fourth-order valence-corrected chi connectivity index (χ4v) is 2.83. The summed E-state index contributed by atoms with van der Waals surface area (Å²) in [6.07, 6.45) is 2.59. The smallest absolute Gasteiger partial charge is 0.255 e. The minimum absolute atomic E-state index is 0.00122. The third-order valence-corrected chi connectivity index (χ3v) is 4.16. The number of anilines is 1. The van der Waals surface area contributed by atoms with Crippen LogP contribution in [0.4, 0.5) is 5.69 Å². The number of halogens is 1. The van der Waals surface area contributed by atoms with Gasteiger partial charge in [0, 0.05) is 41.6 Å². The number of aromatic nitrogens is 1. The van der Waals surface area contributed by atoms with E-state index >= 15 is 0 Å². The minimum Gasteiger partial charge on any atom is -0.399 e. The summed E-state index contributed by atoms with van der Waals surface area (Å²) in [6.45, 7) is 1.29. The number of amides is 1. The third kappa shape index (κ3) is 2.41. The van der Waals surface area contributed by atoms with Crippen LogP contribution in [0.1, 0.15) is 21.6 Å². The molecule has 0 bridgehead atoms. The maximum Gasteiger partial charge on any atom is 0.255 e. The predicted octanol–water partition coefficient (Wildman–Crippen LogP) is 2.62. The van der Waals surface area contributed by atoms with Crippen molar-refractivity contribution in [2.24, 2.45) is 0 Å². The van der Waals surface area contributed by atoms with Crippen molar-refractivity contribution >= 4 is 27.5 Å². The van der Waals surface area contributed by atoms with E-state index in [4.69, 9.17) is 5.73 Å². The van der Waals surface area contributed by atoms with E-state index in [1.54, 1.807) is 18.3 Å². The molecule has 1 aliphatic rings. The quantitative estimate of drug-likeness (QED) is 0.817. The number of fused-ring (bicyclic) bond motifs is 1. The average Bonchev–Trinajstić information content (AvgIpc) is 2.48. The van der Waals surface area contributed by atoms with Gasteiger partial charge in [0.2, 0.25) is 0 Å². The second-order valence-electron chi connectivity index (χ2n) is 4.83. The Morgan fingerprint density at radius 2 is 2.20 bits per heavy atom. The molecule has 0 aliphatic carbocycles. The monoisotopic (exact) mass is 331 g/mol. The lowest BCUT2D eigenvalue weighted by atomic mass is 10.0. The van der Waals surface area contributed by atoms with Crippen LogP contribution in [-0.2, 0) is 13.0 Å². The molecule has 0 spiro atoms. The van der Waals surface area contributed by atoms with Crippen molar-refractivity contribution in [2.45, 2.75) is 13.0 Å². The largest absolute Gasteiger partial charge is 0.399 e. The summed E-state index contributed by atoms with van der Waals surface area (Å²) in [7, 11) is 0. The zero-order chi connectivity index (χ0) is 14.1. The number of rotatable bonds is 1. The molecule has 0 fully saturated rings. The SMILES string of the molecule is Nc1ccc(Br)c(C(=O)N2CCc3ncccc3C2)c1. The molecule has 5 heteroatoms. The summed E-state index contributed by atoms with van der Waals surface area (Å²) in [5.74, 6) is -0.00122. The van der Waals surface area contributed by atoms with E-state index in [9.17, 15) is 4.79 Å². The van der Waals surface area contributed by atoms with E-state index in [1.165, 1.54) is 0 Å². The standard InChI is InChI=1S/C15H14BrN3O/c16-13-4-3-11(17)8-12(13)15(20)19-7-5-14-10(9-19)2-1-6-18-14/h1-4,6,8H,5,7,9,17H2. The Hall–Kier alpha value is -1.88.